The maximum Gasteiger partial charge on any atom is 0.345 e. The highest BCUT2D eigenvalue weighted by Gasteiger charge is 2.13. The fourth-order valence-corrected chi connectivity index (χ4v) is 4.23. The Morgan fingerprint density at radius 3 is 2.34 bits per heavy atom. The summed E-state index contributed by atoms with van der Waals surface area (Å²) in [6.45, 7) is -0.717. The lowest BCUT2D eigenvalue weighted by Gasteiger charge is -2.08. The normalized spacial score (nSPS) is 11.3. The molecule has 0 saturated heterocycles. The maximum absolute atomic E-state index is 12.4. The van der Waals surface area contributed by atoms with Gasteiger partial charge in [0.1, 0.15) is 0 Å². The third kappa shape index (κ3) is 6.55. The molecule has 0 radical (unpaired) electrons. The van der Waals surface area contributed by atoms with Crippen LogP contribution < -0.4 is 0 Å². The number of ether oxygens (including phenoxy) is 2. The van der Waals surface area contributed by atoms with Crippen molar-refractivity contribution in [2.24, 2.45) is 0 Å². The highest BCUT2D eigenvalue weighted by atomic mass is 19.3. The van der Waals surface area contributed by atoms with E-state index in [1.165, 1.54) is 11.1 Å². The van der Waals surface area contributed by atoms with E-state index in [-0.39, 0.29) is 12.6 Å². The number of carbonyl (C=O) groups is 1. The van der Waals surface area contributed by atoms with Crippen LogP contribution in [0.3, 0.4) is 0 Å². The van der Waals surface area contributed by atoms with Crippen LogP contribution in [-0.4, -0.2) is 23.8 Å². The van der Waals surface area contributed by atoms with Gasteiger partial charge in [0, 0.05) is 23.7 Å². The highest BCUT2D eigenvalue weighted by molar-refractivity contribution is 5.86. The van der Waals surface area contributed by atoms with Gasteiger partial charge in [-0.2, -0.15) is 8.78 Å². The standard InChI is InChI=1S/C29H29F2NO3/c1-2-34-28(33)17-12-22-11-16-27-26(18-22)24(13-8-21-6-4-3-5-7-21)19-32(27)25-14-9-23(10-15-25)20-35-29(30)31/h3-7,9-11,14-16,18-19,29H,2,8,12-13,17,20H2,1H3. The molecule has 0 bridgehead atoms. The average molecular weight is 478 g/mol. The molecule has 35 heavy (non-hydrogen) atoms. The number of rotatable bonds is 11. The molecule has 6 heteroatoms. The summed E-state index contributed by atoms with van der Waals surface area (Å²) in [6.07, 6.45) is 4.90. The zero-order valence-electron chi connectivity index (χ0n) is 19.8. The Balaban J connectivity index is 1.63. The van der Waals surface area contributed by atoms with E-state index in [0.717, 1.165) is 35.0 Å². The fraction of sp³-hybridized carbons (Fsp3) is 0.276. The van der Waals surface area contributed by atoms with Crippen LogP contribution in [-0.2, 0) is 40.1 Å². The Bertz CT molecular complexity index is 1250. The number of carbonyl (C=O) groups excluding carboxylic acids is 1. The molecule has 1 heterocycles. The van der Waals surface area contributed by atoms with Crippen molar-refractivity contribution in [2.45, 2.75) is 45.8 Å². The molecule has 0 atom stereocenters. The summed E-state index contributed by atoms with van der Waals surface area (Å²) in [5.74, 6) is -0.189. The monoisotopic (exact) mass is 477 g/mol. The number of hydrogen-bond donors (Lipinski definition) is 0. The Kier molecular flexibility index (Phi) is 8.27. The molecule has 0 aliphatic rings. The minimum Gasteiger partial charge on any atom is -0.466 e. The van der Waals surface area contributed by atoms with Crippen LogP contribution in [0.5, 0.6) is 0 Å². The molecule has 4 rings (SSSR count). The summed E-state index contributed by atoms with van der Waals surface area (Å²) in [5, 5.41) is 1.15. The number of benzene rings is 3. The zero-order valence-corrected chi connectivity index (χ0v) is 19.8. The molecule has 182 valence electrons. The minimum absolute atomic E-state index is 0.128. The lowest BCUT2D eigenvalue weighted by molar-refractivity contribution is -0.143. The second-order valence-corrected chi connectivity index (χ2v) is 8.40. The van der Waals surface area contributed by atoms with Gasteiger partial charge in [0.2, 0.25) is 0 Å². The van der Waals surface area contributed by atoms with Crippen LogP contribution in [0.15, 0.2) is 79.0 Å². The van der Waals surface area contributed by atoms with Gasteiger partial charge in [-0.3, -0.25) is 4.79 Å². The molecular weight excluding hydrogens is 448 g/mol. The number of aryl methyl sites for hydroxylation is 3. The summed E-state index contributed by atoms with van der Waals surface area (Å²) in [5.41, 5.74) is 6.27. The third-order valence-corrected chi connectivity index (χ3v) is 5.99. The van der Waals surface area contributed by atoms with Gasteiger partial charge in [-0.15, -0.1) is 0 Å². The molecule has 3 aromatic carbocycles. The van der Waals surface area contributed by atoms with E-state index in [1.54, 1.807) is 12.1 Å². The molecule has 4 nitrogen and oxygen atoms in total. The lowest BCUT2D eigenvalue weighted by atomic mass is 10.0. The summed E-state index contributed by atoms with van der Waals surface area (Å²) >= 11 is 0. The zero-order chi connectivity index (χ0) is 24.6. The van der Waals surface area contributed by atoms with Gasteiger partial charge in [0.05, 0.1) is 18.7 Å². The molecule has 0 spiro atoms. The maximum atomic E-state index is 12.4. The van der Waals surface area contributed by atoms with Crippen molar-refractivity contribution in [3.05, 3.63) is 101 Å². The lowest BCUT2D eigenvalue weighted by Crippen LogP contribution is -2.05. The average Bonchev–Trinajstić information content (AvgIpc) is 3.24. The smallest absolute Gasteiger partial charge is 0.345 e. The SMILES string of the molecule is CCOC(=O)CCc1ccc2c(c1)c(CCc1ccccc1)cn2-c1ccc(COC(F)F)cc1. The van der Waals surface area contributed by atoms with Gasteiger partial charge in [0.15, 0.2) is 0 Å². The molecule has 0 amide bonds. The van der Waals surface area contributed by atoms with Crippen LogP contribution >= 0.6 is 0 Å². The van der Waals surface area contributed by atoms with E-state index in [4.69, 9.17) is 4.74 Å². The number of hydrogen-bond acceptors (Lipinski definition) is 3. The van der Waals surface area contributed by atoms with Crippen molar-refractivity contribution in [3.63, 3.8) is 0 Å². The van der Waals surface area contributed by atoms with Crippen molar-refractivity contribution in [2.75, 3.05) is 6.61 Å². The molecule has 0 fully saturated rings. The van der Waals surface area contributed by atoms with Crippen molar-refractivity contribution in [1.29, 1.82) is 0 Å². The predicted molar refractivity (Wildman–Crippen MR) is 133 cm³/mol. The topological polar surface area (TPSA) is 40.5 Å². The Labute approximate surface area is 204 Å². The van der Waals surface area contributed by atoms with Gasteiger partial charge < -0.3 is 14.0 Å². The van der Waals surface area contributed by atoms with Gasteiger partial charge >= 0.3 is 12.6 Å². The molecular formula is C29H29F2NO3. The van der Waals surface area contributed by atoms with Crippen LogP contribution in [0, 0.1) is 0 Å². The first-order valence-corrected chi connectivity index (χ1v) is 11.8. The third-order valence-electron chi connectivity index (χ3n) is 5.99. The van der Waals surface area contributed by atoms with Gasteiger partial charge in [-0.05, 0) is 72.7 Å². The quantitative estimate of drug-likeness (QED) is 0.227. The molecule has 0 unspecified atom stereocenters. The Hall–Kier alpha value is -3.51. The number of halogens is 2. The molecule has 1 aromatic heterocycles. The van der Waals surface area contributed by atoms with Crippen molar-refractivity contribution in [1.82, 2.24) is 4.57 Å². The number of fused-ring (bicyclic) bond motifs is 1. The van der Waals surface area contributed by atoms with Gasteiger partial charge in [0.25, 0.3) is 0 Å². The van der Waals surface area contributed by atoms with Crippen LogP contribution in [0.4, 0.5) is 8.78 Å². The number of aromatic nitrogens is 1. The number of nitrogens with zero attached hydrogens (tertiary/aromatic N) is 1. The summed E-state index contributed by atoms with van der Waals surface area (Å²) in [7, 11) is 0. The first kappa shape index (κ1) is 24.6. The summed E-state index contributed by atoms with van der Waals surface area (Å²) in [4.78, 5) is 11.8. The van der Waals surface area contributed by atoms with Gasteiger partial charge in [-0.25, -0.2) is 0 Å². The van der Waals surface area contributed by atoms with E-state index < -0.39 is 6.61 Å². The van der Waals surface area contributed by atoms with Crippen LogP contribution in [0.2, 0.25) is 0 Å². The van der Waals surface area contributed by atoms with E-state index >= 15 is 0 Å². The number of alkyl halides is 2. The predicted octanol–water partition coefficient (Wildman–Crippen LogP) is 6.65. The van der Waals surface area contributed by atoms with Crippen molar-refractivity contribution >= 4 is 16.9 Å². The minimum atomic E-state index is -2.78. The van der Waals surface area contributed by atoms with E-state index in [9.17, 15) is 13.6 Å². The van der Waals surface area contributed by atoms with E-state index in [0.29, 0.717) is 25.0 Å². The van der Waals surface area contributed by atoms with Crippen molar-refractivity contribution < 1.29 is 23.0 Å². The largest absolute Gasteiger partial charge is 0.466 e. The molecule has 0 saturated carbocycles. The van der Waals surface area contributed by atoms with Crippen molar-refractivity contribution in [3.8, 4) is 5.69 Å². The summed E-state index contributed by atoms with van der Waals surface area (Å²) < 4.78 is 36.3. The van der Waals surface area contributed by atoms with E-state index in [1.807, 2.05) is 43.3 Å². The molecule has 0 aliphatic heterocycles. The first-order valence-electron chi connectivity index (χ1n) is 11.8. The second kappa shape index (κ2) is 11.8. The molecule has 0 N–H and O–H groups in total. The van der Waals surface area contributed by atoms with Crippen LogP contribution in [0.1, 0.15) is 35.6 Å². The molecule has 0 aliphatic carbocycles. The van der Waals surface area contributed by atoms with Gasteiger partial charge in [-0.1, -0.05) is 48.5 Å². The second-order valence-electron chi connectivity index (χ2n) is 8.40. The molecule has 4 aromatic rings. The van der Waals surface area contributed by atoms with E-state index in [2.05, 4.69) is 39.8 Å². The fourth-order valence-electron chi connectivity index (χ4n) is 4.23. The Morgan fingerprint density at radius 1 is 0.886 bits per heavy atom. The number of esters is 1. The first-order chi connectivity index (χ1) is 17.0. The summed E-state index contributed by atoms with van der Waals surface area (Å²) in [6, 6.07) is 24.1. The highest BCUT2D eigenvalue weighted by Crippen LogP contribution is 2.28. The van der Waals surface area contributed by atoms with Crippen LogP contribution in [0.25, 0.3) is 16.6 Å². The Morgan fingerprint density at radius 2 is 1.63 bits per heavy atom.